The van der Waals surface area contributed by atoms with Gasteiger partial charge in [-0.15, -0.1) is 0 Å². The van der Waals surface area contributed by atoms with Gasteiger partial charge in [-0.25, -0.2) is 0 Å². The van der Waals surface area contributed by atoms with E-state index in [0.717, 1.165) is 28.4 Å². The molecule has 1 aromatic rings. The van der Waals surface area contributed by atoms with Crippen molar-refractivity contribution in [2.24, 2.45) is 5.92 Å². The average molecular weight is 331 g/mol. The first kappa shape index (κ1) is 14.4. The molecule has 1 atom stereocenters. The Bertz CT molecular complexity index is 390. The molecule has 0 bridgehead atoms. The van der Waals surface area contributed by atoms with Crippen molar-refractivity contribution in [1.29, 1.82) is 0 Å². The van der Waals surface area contributed by atoms with Gasteiger partial charge in [0.1, 0.15) is 0 Å². The molecule has 1 N–H and O–H groups in total. The zero-order valence-electron chi connectivity index (χ0n) is 10.9. The zero-order valence-corrected chi connectivity index (χ0v) is 13.2. The van der Waals surface area contributed by atoms with Gasteiger partial charge in [0.05, 0.1) is 0 Å². The molecule has 0 spiro atoms. The van der Waals surface area contributed by atoms with Gasteiger partial charge in [-0.05, 0) is 49.4 Å². The molecular weight excluding hydrogens is 310 g/mol. The topological polar surface area (TPSA) is 12.0 Å². The maximum Gasteiger partial charge on any atom is 0.0465 e. The first-order valence-corrected chi connectivity index (χ1v) is 8.06. The second kappa shape index (κ2) is 6.93. The third-order valence-corrected chi connectivity index (χ3v) is 4.36. The van der Waals surface area contributed by atoms with Crippen molar-refractivity contribution in [2.45, 2.75) is 45.1 Å². The lowest BCUT2D eigenvalue weighted by molar-refractivity contribution is 0.470. The van der Waals surface area contributed by atoms with Crippen LogP contribution in [0.2, 0.25) is 5.02 Å². The number of benzene rings is 1. The molecule has 2 rings (SSSR count). The molecule has 0 heterocycles. The van der Waals surface area contributed by atoms with Crippen LogP contribution >= 0.6 is 27.5 Å². The minimum Gasteiger partial charge on any atom is -0.310 e. The highest BCUT2D eigenvalue weighted by molar-refractivity contribution is 9.10. The molecule has 1 aliphatic carbocycles. The summed E-state index contributed by atoms with van der Waals surface area (Å²) in [5.41, 5.74) is 1.24. The second-order valence-corrected chi connectivity index (χ2v) is 6.52. The molecule has 18 heavy (non-hydrogen) atoms. The van der Waals surface area contributed by atoms with Gasteiger partial charge in [-0.3, -0.25) is 0 Å². The summed E-state index contributed by atoms with van der Waals surface area (Å²) in [6.45, 7) is 3.26. The number of hydrogen-bond donors (Lipinski definition) is 1. The van der Waals surface area contributed by atoms with Crippen molar-refractivity contribution in [2.75, 3.05) is 6.54 Å². The van der Waals surface area contributed by atoms with E-state index in [1.54, 1.807) is 0 Å². The highest BCUT2D eigenvalue weighted by Gasteiger charge is 2.23. The fraction of sp³-hybridized carbons (Fsp3) is 0.600. The molecule has 0 aromatic heterocycles. The molecule has 3 heteroatoms. The van der Waals surface area contributed by atoms with Crippen molar-refractivity contribution < 1.29 is 0 Å². The van der Waals surface area contributed by atoms with Crippen molar-refractivity contribution in [3.63, 3.8) is 0 Å². The van der Waals surface area contributed by atoms with Crippen molar-refractivity contribution >= 4 is 27.5 Å². The normalized spacial score (nSPS) is 16.8. The van der Waals surface area contributed by atoms with E-state index in [2.05, 4.69) is 40.3 Å². The second-order valence-electron chi connectivity index (χ2n) is 5.19. The van der Waals surface area contributed by atoms with E-state index >= 15 is 0 Å². The Kier molecular flexibility index (Phi) is 5.53. The fourth-order valence-corrected chi connectivity index (χ4v) is 3.08. The molecule has 100 valence electrons. The Morgan fingerprint density at radius 1 is 1.44 bits per heavy atom. The summed E-state index contributed by atoms with van der Waals surface area (Å²) in [7, 11) is 0. The summed E-state index contributed by atoms with van der Waals surface area (Å²) in [4.78, 5) is 0. The van der Waals surface area contributed by atoms with Gasteiger partial charge in [0, 0.05) is 15.5 Å². The van der Waals surface area contributed by atoms with E-state index in [1.807, 2.05) is 6.07 Å². The summed E-state index contributed by atoms with van der Waals surface area (Å²) >= 11 is 9.83. The predicted molar refractivity (Wildman–Crippen MR) is 82.1 cm³/mol. The standard InChI is InChI=1S/C15H21BrClN/c1-2-9-18-15(8-5-11-3-4-11)13-7-6-12(16)10-14(13)17/h6-7,10-11,15,18H,2-5,8-9H2,1H3. The largest absolute Gasteiger partial charge is 0.310 e. The fourth-order valence-electron chi connectivity index (χ4n) is 2.28. The number of hydrogen-bond acceptors (Lipinski definition) is 1. The summed E-state index contributed by atoms with van der Waals surface area (Å²) in [5.74, 6) is 0.977. The molecule has 0 saturated heterocycles. The molecule has 1 fully saturated rings. The Morgan fingerprint density at radius 3 is 2.83 bits per heavy atom. The molecule has 0 amide bonds. The van der Waals surface area contributed by atoms with Gasteiger partial charge in [-0.1, -0.05) is 53.4 Å². The Morgan fingerprint density at radius 2 is 2.22 bits per heavy atom. The summed E-state index contributed by atoms with van der Waals surface area (Å²) in [6.07, 6.45) is 6.54. The molecule has 1 aromatic carbocycles. The average Bonchev–Trinajstić information content (AvgIpc) is 3.14. The Hall–Kier alpha value is -0.0500. The van der Waals surface area contributed by atoms with Crippen LogP contribution in [0.25, 0.3) is 0 Å². The van der Waals surface area contributed by atoms with Crippen LogP contribution in [0.3, 0.4) is 0 Å². The maximum atomic E-state index is 6.36. The van der Waals surface area contributed by atoms with Gasteiger partial charge >= 0.3 is 0 Å². The van der Waals surface area contributed by atoms with Crippen LogP contribution in [0.4, 0.5) is 0 Å². The van der Waals surface area contributed by atoms with Gasteiger partial charge < -0.3 is 5.32 Å². The van der Waals surface area contributed by atoms with Crippen LogP contribution in [0.5, 0.6) is 0 Å². The predicted octanol–water partition coefficient (Wildman–Crippen LogP) is 5.33. The molecule has 1 unspecified atom stereocenters. The molecule has 1 nitrogen and oxygen atoms in total. The first-order valence-electron chi connectivity index (χ1n) is 6.89. The number of nitrogens with one attached hydrogen (secondary N) is 1. The third-order valence-electron chi connectivity index (χ3n) is 3.54. The summed E-state index contributed by atoms with van der Waals surface area (Å²) < 4.78 is 1.05. The zero-order chi connectivity index (χ0) is 13.0. The number of rotatable bonds is 7. The highest BCUT2D eigenvalue weighted by atomic mass is 79.9. The summed E-state index contributed by atoms with van der Waals surface area (Å²) in [5, 5.41) is 4.50. The van der Waals surface area contributed by atoms with E-state index in [0.29, 0.717) is 6.04 Å². The van der Waals surface area contributed by atoms with Crippen LogP contribution in [0.15, 0.2) is 22.7 Å². The molecule has 1 saturated carbocycles. The third kappa shape index (κ3) is 4.25. The smallest absolute Gasteiger partial charge is 0.0465 e. The quantitative estimate of drug-likeness (QED) is 0.712. The highest BCUT2D eigenvalue weighted by Crippen LogP contribution is 2.37. The monoisotopic (exact) mass is 329 g/mol. The lowest BCUT2D eigenvalue weighted by atomic mass is 10.00. The van der Waals surface area contributed by atoms with Crippen LogP contribution < -0.4 is 5.32 Å². The van der Waals surface area contributed by atoms with Gasteiger partial charge in [0.15, 0.2) is 0 Å². The van der Waals surface area contributed by atoms with Crippen molar-refractivity contribution in [3.05, 3.63) is 33.3 Å². The lowest BCUT2D eigenvalue weighted by Gasteiger charge is -2.20. The summed E-state index contributed by atoms with van der Waals surface area (Å²) in [6, 6.07) is 6.63. The first-order chi connectivity index (χ1) is 8.70. The van der Waals surface area contributed by atoms with Gasteiger partial charge in [0.2, 0.25) is 0 Å². The molecular formula is C15H21BrClN. The van der Waals surface area contributed by atoms with E-state index in [4.69, 9.17) is 11.6 Å². The molecule has 1 aliphatic rings. The number of halogens is 2. The minimum absolute atomic E-state index is 0.408. The Labute approximate surface area is 123 Å². The maximum absolute atomic E-state index is 6.36. The van der Waals surface area contributed by atoms with Gasteiger partial charge in [0.25, 0.3) is 0 Å². The van der Waals surface area contributed by atoms with Crippen LogP contribution in [-0.2, 0) is 0 Å². The Balaban J connectivity index is 2.04. The molecule has 0 aliphatic heterocycles. The van der Waals surface area contributed by atoms with Crippen LogP contribution in [0, 0.1) is 5.92 Å². The van der Waals surface area contributed by atoms with Crippen molar-refractivity contribution in [3.8, 4) is 0 Å². The minimum atomic E-state index is 0.408. The van der Waals surface area contributed by atoms with Crippen LogP contribution in [-0.4, -0.2) is 6.54 Å². The SMILES string of the molecule is CCCNC(CCC1CC1)c1ccc(Br)cc1Cl. The van der Waals surface area contributed by atoms with Gasteiger partial charge in [-0.2, -0.15) is 0 Å². The van der Waals surface area contributed by atoms with E-state index in [9.17, 15) is 0 Å². The molecule has 0 radical (unpaired) electrons. The lowest BCUT2D eigenvalue weighted by Crippen LogP contribution is -2.22. The van der Waals surface area contributed by atoms with Crippen molar-refractivity contribution in [1.82, 2.24) is 5.32 Å². The van der Waals surface area contributed by atoms with E-state index in [-0.39, 0.29) is 0 Å². The van der Waals surface area contributed by atoms with E-state index < -0.39 is 0 Å². The van der Waals surface area contributed by atoms with Crippen LogP contribution in [0.1, 0.15) is 50.6 Å². The van der Waals surface area contributed by atoms with E-state index in [1.165, 1.54) is 31.2 Å².